The quantitative estimate of drug-likeness (QED) is 0.174. The van der Waals surface area contributed by atoms with Crippen molar-refractivity contribution in [2.75, 3.05) is 13.2 Å². The SMILES string of the molecule is CCCC/N=C\c1c(F)c(C)c(C(=O)Oc2ccccc2)c(OCCCC)c1Br. The zero-order chi connectivity index (χ0) is 21.2. The number of rotatable bonds is 10. The molecule has 29 heavy (non-hydrogen) atoms. The Kier molecular flexibility index (Phi) is 9.32. The number of hydrogen-bond acceptors (Lipinski definition) is 4. The Morgan fingerprint density at radius 1 is 1.17 bits per heavy atom. The summed E-state index contributed by atoms with van der Waals surface area (Å²) in [6.07, 6.45) is 5.19. The van der Waals surface area contributed by atoms with E-state index >= 15 is 4.39 Å². The van der Waals surface area contributed by atoms with Gasteiger partial charge in [0.1, 0.15) is 22.9 Å². The Morgan fingerprint density at radius 3 is 2.52 bits per heavy atom. The van der Waals surface area contributed by atoms with Crippen LogP contribution in [0.2, 0.25) is 0 Å². The minimum absolute atomic E-state index is 0.0834. The lowest BCUT2D eigenvalue weighted by Crippen LogP contribution is -2.16. The lowest BCUT2D eigenvalue weighted by Gasteiger charge is -2.18. The highest BCUT2D eigenvalue weighted by Crippen LogP contribution is 2.37. The molecule has 0 aliphatic carbocycles. The van der Waals surface area contributed by atoms with Gasteiger partial charge in [0.15, 0.2) is 0 Å². The van der Waals surface area contributed by atoms with Crippen molar-refractivity contribution >= 4 is 28.1 Å². The first-order chi connectivity index (χ1) is 14.0. The van der Waals surface area contributed by atoms with Gasteiger partial charge in [0.25, 0.3) is 0 Å². The summed E-state index contributed by atoms with van der Waals surface area (Å²) >= 11 is 3.43. The first-order valence-corrected chi connectivity index (χ1v) is 10.7. The lowest BCUT2D eigenvalue weighted by molar-refractivity contribution is 0.0728. The second-order valence-corrected chi connectivity index (χ2v) is 7.46. The number of unbranched alkanes of at least 4 members (excludes halogenated alkanes) is 2. The fourth-order valence-corrected chi connectivity index (χ4v) is 3.26. The summed E-state index contributed by atoms with van der Waals surface area (Å²) < 4.78 is 26.8. The number of para-hydroxylation sites is 1. The standard InChI is InChI=1S/C23H27BrFNO3/c1-4-6-13-26-15-18-20(24)22(28-14-7-5-2)19(16(3)21(18)25)23(27)29-17-11-9-8-10-12-17/h8-12,15H,4-7,13-14H2,1-3H3/b26-15-. The third-order valence-electron chi connectivity index (χ3n) is 4.37. The van der Waals surface area contributed by atoms with Crippen molar-refractivity contribution in [3.8, 4) is 11.5 Å². The summed E-state index contributed by atoms with van der Waals surface area (Å²) in [7, 11) is 0. The van der Waals surface area contributed by atoms with E-state index in [9.17, 15) is 4.79 Å². The van der Waals surface area contributed by atoms with Crippen LogP contribution < -0.4 is 9.47 Å². The third kappa shape index (κ3) is 6.13. The molecule has 0 saturated heterocycles. The molecule has 2 aromatic carbocycles. The normalized spacial score (nSPS) is 11.1. The summed E-state index contributed by atoms with van der Waals surface area (Å²) in [5, 5.41) is 0. The predicted molar refractivity (Wildman–Crippen MR) is 118 cm³/mol. The van der Waals surface area contributed by atoms with E-state index in [1.807, 2.05) is 13.0 Å². The van der Waals surface area contributed by atoms with Crippen LogP contribution in [0.1, 0.15) is 61.0 Å². The van der Waals surface area contributed by atoms with Crippen molar-refractivity contribution < 1.29 is 18.7 Å². The molecule has 2 aromatic rings. The molecule has 0 aliphatic heterocycles. The Morgan fingerprint density at radius 2 is 1.86 bits per heavy atom. The van der Waals surface area contributed by atoms with Gasteiger partial charge >= 0.3 is 5.97 Å². The number of aliphatic imine (C=N–C) groups is 1. The first-order valence-electron chi connectivity index (χ1n) is 9.92. The van der Waals surface area contributed by atoms with Crippen LogP contribution >= 0.6 is 15.9 Å². The Labute approximate surface area is 180 Å². The van der Waals surface area contributed by atoms with Crippen molar-refractivity contribution in [3.63, 3.8) is 0 Å². The molecule has 0 N–H and O–H groups in total. The highest BCUT2D eigenvalue weighted by atomic mass is 79.9. The molecular weight excluding hydrogens is 437 g/mol. The average molecular weight is 464 g/mol. The van der Waals surface area contributed by atoms with E-state index in [0.29, 0.717) is 23.4 Å². The molecule has 0 bridgehead atoms. The summed E-state index contributed by atoms with van der Waals surface area (Å²) in [5.74, 6) is -0.498. The minimum atomic E-state index is -0.658. The Bertz CT molecular complexity index is 853. The van der Waals surface area contributed by atoms with Crippen molar-refractivity contribution in [1.29, 1.82) is 0 Å². The Balaban J connectivity index is 2.47. The van der Waals surface area contributed by atoms with Gasteiger partial charge < -0.3 is 9.47 Å². The van der Waals surface area contributed by atoms with Gasteiger partial charge in [0.05, 0.1) is 11.1 Å². The largest absolute Gasteiger partial charge is 0.491 e. The molecule has 0 aromatic heterocycles. The molecule has 0 radical (unpaired) electrons. The monoisotopic (exact) mass is 463 g/mol. The molecule has 0 heterocycles. The molecule has 0 amide bonds. The maximum absolute atomic E-state index is 15.1. The van der Waals surface area contributed by atoms with Gasteiger partial charge in [0, 0.05) is 23.9 Å². The van der Waals surface area contributed by atoms with Crippen LogP contribution in [0.5, 0.6) is 11.5 Å². The van der Waals surface area contributed by atoms with Crippen molar-refractivity contribution in [2.24, 2.45) is 4.99 Å². The lowest BCUT2D eigenvalue weighted by atomic mass is 10.0. The molecule has 0 spiro atoms. The van der Waals surface area contributed by atoms with Crippen LogP contribution in [0.3, 0.4) is 0 Å². The van der Waals surface area contributed by atoms with Gasteiger partial charge in [-0.05, 0) is 47.8 Å². The van der Waals surface area contributed by atoms with E-state index in [1.165, 1.54) is 6.21 Å². The van der Waals surface area contributed by atoms with Gasteiger partial charge in [-0.15, -0.1) is 0 Å². The Hall–Kier alpha value is -2.21. The van der Waals surface area contributed by atoms with Gasteiger partial charge in [-0.1, -0.05) is 44.9 Å². The molecule has 6 heteroatoms. The second kappa shape index (κ2) is 11.7. The van der Waals surface area contributed by atoms with Gasteiger partial charge in [-0.25, -0.2) is 9.18 Å². The van der Waals surface area contributed by atoms with Crippen LogP contribution in [0.15, 0.2) is 39.8 Å². The van der Waals surface area contributed by atoms with E-state index in [2.05, 4.69) is 27.8 Å². The van der Waals surface area contributed by atoms with Crippen molar-refractivity contribution in [2.45, 2.75) is 46.5 Å². The van der Waals surface area contributed by atoms with Crippen molar-refractivity contribution in [1.82, 2.24) is 0 Å². The maximum atomic E-state index is 15.1. The highest BCUT2D eigenvalue weighted by Gasteiger charge is 2.27. The third-order valence-corrected chi connectivity index (χ3v) is 5.15. The van der Waals surface area contributed by atoms with Gasteiger partial charge in [0.2, 0.25) is 0 Å². The van der Waals surface area contributed by atoms with Crippen LogP contribution in [-0.4, -0.2) is 25.3 Å². The fraction of sp³-hybridized carbons (Fsp3) is 0.391. The summed E-state index contributed by atoms with van der Waals surface area (Å²) in [5.41, 5.74) is 0.541. The fourth-order valence-electron chi connectivity index (χ4n) is 2.68. The van der Waals surface area contributed by atoms with E-state index in [0.717, 1.165) is 25.7 Å². The van der Waals surface area contributed by atoms with Gasteiger partial charge in [-0.2, -0.15) is 0 Å². The summed E-state index contributed by atoms with van der Waals surface area (Å²) in [6, 6.07) is 8.70. The van der Waals surface area contributed by atoms with Crippen LogP contribution in [-0.2, 0) is 0 Å². The second-order valence-electron chi connectivity index (χ2n) is 6.66. The maximum Gasteiger partial charge on any atom is 0.347 e. The van der Waals surface area contributed by atoms with Crippen molar-refractivity contribution in [3.05, 3.63) is 57.3 Å². The molecule has 0 saturated carbocycles. The number of ether oxygens (including phenoxy) is 2. The molecular formula is C23H27BrFNO3. The van der Waals surface area contributed by atoms with E-state index in [-0.39, 0.29) is 22.4 Å². The van der Waals surface area contributed by atoms with E-state index < -0.39 is 11.8 Å². The van der Waals surface area contributed by atoms with E-state index in [1.54, 1.807) is 31.2 Å². The molecule has 4 nitrogen and oxygen atoms in total. The minimum Gasteiger partial charge on any atom is -0.491 e. The topological polar surface area (TPSA) is 47.9 Å². The number of benzene rings is 2. The molecule has 0 atom stereocenters. The molecule has 156 valence electrons. The number of nitrogens with zero attached hydrogens (tertiary/aromatic N) is 1. The van der Waals surface area contributed by atoms with Gasteiger partial charge in [-0.3, -0.25) is 4.99 Å². The zero-order valence-corrected chi connectivity index (χ0v) is 18.7. The number of esters is 1. The molecule has 0 unspecified atom stereocenters. The highest BCUT2D eigenvalue weighted by molar-refractivity contribution is 9.10. The summed E-state index contributed by atoms with van der Waals surface area (Å²) in [4.78, 5) is 17.2. The first kappa shape index (κ1) is 23.1. The van der Waals surface area contributed by atoms with E-state index in [4.69, 9.17) is 9.47 Å². The van der Waals surface area contributed by atoms with Crippen LogP contribution in [0.25, 0.3) is 0 Å². The molecule has 2 rings (SSSR count). The van der Waals surface area contributed by atoms with Crippen LogP contribution in [0.4, 0.5) is 4.39 Å². The molecule has 0 aliphatic rings. The van der Waals surface area contributed by atoms with Crippen LogP contribution in [0, 0.1) is 12.7 Å². The number of hydrogen-bond donors (Lipinski definition) is 0. The number of halogens is 2. The zero-order valence-electron chi connectivity index (χ0n) is 17.1. The predicted octanol–water partition coefficient (Wildman–Crippen LogP) is 6.51. The number of carbonyl (C=O) groups excluding carboxylic acids is 1. The smallest absolute Gasteiger partial charge is 0.347 e. The number of carbonyl (C=O) groups is 1. The molecule has 0 fully saturated rings. The average Bonchev–Trinajstić information content (AvgIpc) is 2.72. The summed E-state index contributed by atoms with van der Waals surface area (Å²) in [6.45, 7) is 6.70.